The van der Waals surface area contributed by atoms with Crippen LogP contribution in [0, 0.1) is 0 Å². The third-order valence-electron chi connectivity index (χ3n) is 5.97. The van der Waals surface area contributed by atoms with Crippen LogP contribution in [0.1, 0.15) is 76.3 Å². The lowest BCUT2D eigenvalue weighted by Crippen LogP contribution is -2.40. The van der Waals surface area contributed by atoms with E-state index in [9.17, 15) is 4.79 Å². The molecule has 33 heavy (non-hydrogen) atoms. The van der Waals surface area contributed by atoms with Gasteiger partial charge >= 0.3 is 5.97 Å². The van der Waals surface area contributed by atoms with E-state index in [1.54, 1.807) is 6.92 Å². The van der Waals surface area contributed by atoms with Crippen LogP contribution in [0.4, 0.5) is 0 Å². The molecule has 4 nitrogen and oxygen atoms in total. The zero-order valence-electron chi connectivity index (χ0n) is 21.2. The van der Waals surface area contributed by atoms with Gasteiger partial charge in [0.25, 0.3) is 0 Å². The van der Waals surface area contributed by atoms with Crippen LogP contribution >= 0.6 is 0 Å². The third-order valence-corrected chi connectivity index (χ3v) is 5.97. The molecule has 0 heterocycles. The first-order valence-corrected chi connectivity index (χ1v) is 12.7. The lowest BCUT2D eigenvalue weighted by Gasteiger charge is -2.29. The highest BCUT2D eigenvalue weighted by Crippen LogP contribution is 2.17. The third kappa shape index (κ3) is 11.9. The molecule has 1 unspecified atom stereocenters. The van der Waals surface area contributed by atoms with Gasteiger partial charge in [0, 0.05) is 12.5 Å². The molecule has 0 amide bonds. The fourth-order valence-corrected chi connectivity index (χ4v) is 4.03. The summed E-state index contributed by atoms with van der Waals surface area (Å²) in [6.45, 7) is 5.62. The maximum atomic E-state index is 12.3. The van der Waals surface area contributed by atoms with Crippen molar-refractivity contribution in [3.8, 4) is 5.75 Å². The summed E-state index contributed by atoms with van der Waals surface area (Å²) in [5.41, 5.74) is 2.60. The molecule has 0 N–H and O–H groups in total. The lowest BCUT2D eigenvalue weighted by atomic mass is 10.0. The highest BCUT2D eigenvalue weighted by molar-refractivity contribution is 5.69. The van der Waals surface area contributed by atoms with Gasteiger partial charge in [-0.25, -0.2) is 0 Å². The Morgan fingerprint density at radius 1 is 0.848 bits per heavy atom. The van der Waals surface area contributed by atoms with E-state index >= 15 is 0 Å². The second-order valence-electron chi connectivity index (χ2n) is 9.74. The van der Waals surface area contributed by atoms with Crippen molar-refractivity contribution in [2.75, 3.05) is 20.6 Å². The Hall–Kier alpha value is -2.33. The Morgan fingerprint density at radius 2 is 1.48 bits per heavy atom. The number of hydrogen-bond acceptors (Lipinski definition) is 3. The molecule has 182 valence electrons. The first kappa shape index (κ1) is 26.9. The summed E-state index contributed by atoms with van der Waals surface area (Å²) in [5, 5.41) is 0. The monoisotopic (exact) mass is 454 g/mol. The molecule has 0 aliphatic carbocycles. The molecule has 0 aliphatic heterocycles. The summed E-state index contributed by atoms with van der Waals surface area (Å²) in [4.78, 5) is 12.3. The Kier molecular flexibility index (Phi) is 12.0. The number of ether oxygens (including phenoxy) is 2. The van der Waals surface area contributed by atoms with Crippen LogP contribution in [0.5, 0.6) is 5.75 Å². The highest BCUT2D eigenvalue weighted by atomic mass is 16.7. The normalized spacial score (nSPS) is 12.4. The Labute approximate surface area is 201 Å². The number of carbonyl (C=O) groups is 1. The largest absolute Gasteiger partial charge is 0.455 e. The maximum Gasteiger partial charge on any atom is 0.314 e. The zero-order valence-corrected chi connectivity index (χ0v) is 21.2. The number of carbonyl (C=O) groups excluding carboxylic acids is 1. The summed E-state index contributed by atoms with van der Waals surface area (Å²) in [5.74, 6) is 0.510. The molecular formula is C29H44NO3+. The number of benzene rings is 2. The molecule has 1 atom stereocenters. The molecule has 2 aromatic carbocycles. The van der Waals surface area contributed by atoms with Crippen molar-refractivity contribution in [1.82, 2.24) is 0 Å². The summed E-state index contributed by atoms with van der Waals surface area (Å²) in [7, 11) is 4.27. The number of hydrogen-bond donors (Lipinski definition) is 0. The minimum Gasteiger partial charge on any atom is -0.455 e. The standard InChI is InChI=1S/C29H44NO3/c1-5-6-7-8-9-10-12-15-26-18-20-28(21-19-26)32-25(2)33-29(31)22-23-30(3,4)24-27-16-13-11-14-17-27/h11,13-14,16-21,25H,5-10,12,15,22-24H2,1-4H3/q+1. The molecule has 0 fully saturated rings. The predicted octanol–water partition coefficient (Wildman–Crippen LogP) is 6.91. The van der Waals surface area contributed by atoms with E-state index in [-0.39, 0.29) is 5.97 Å². The molecular weight excluding hydrogens is 410 g/mol. The molecule has 0 aliphatic rings. The van der Waals surface area contributed by atoms with Crippen molar-refractivity contribution in [1.29, 1.82) is 0 Å². The first-order chi connectivity index (χ1) is 15.9. The van der Waals surface area contributed by atoms with Crippen molar-refractivity contribution in [2.45, 2.75) is 84.5 Å². The van der Waals surface area contributed by atoms with Crippen molar-refractivity contribution in [3.05, 3.63) is 65.7 Å². The van der Waals surface area contributed by atoms with Gasteiger partial charge in [-0.1, -0.05) is 87.9 Å². The summed E-state index contributed by atoms with van der Waals surface area (Å²) in [6, 6.07) is 18.5. The molecule has 0 radical (unpaired) electrons. The van der Waals surface area contributed by atoms with Crippen molar-refractivity contribution in [2.24, 2.45) is 0 Å². The van der Waals surface area contributed by atoms with Gasteiger partial charge in [0.2, 0.25) is 6.29 Å². The first-order valence-electron chi connectivity index (χ1n) is 12.7. The maximum absolute atomic E-state index is 12.3. The summed E-state index contributed by atoms with van der Waals surface area (Å²) >= 11 is 0. The van der Waals surface area contributed by atoms with Crippen LogP contribution in [0.25, 0.3) is 0 Å². The van der Waals surface area contributed by atoms with Crippen molar-refractivity contribution in [3.63, 3.8) is 0 Å². The topological polar surface area (TPSA) is 35.5 Å². The SMILES string of the molecule is CCCCCCCCCc1ccc(OC(C)OC(=O)CC[N+](C)(C)Cc2ccccc2)cc1. The predicted molar refractivity (Wildman–Crippen MR) is 136 cm³/mol. The van der Waals surface area contributed by atoms with Gasteiger partial charge in [0.15, 0.2) is 0 Å². The summed E-state index contributed by atoms with van der Waals surface area (Å²) in [6.07, 6.45) is 10.1. The van der Waals surface area contributed by atoms with Gasteiger partial charge < -0.3 is 14.0 Å². The Balaban J connectivity index is 1.64. The fourth-order valence-electron chi connectivity index (χ4n) is 4.03. The smallest absolute Gasteiger partial charge is 0.314 e. The van der Waals surface area contributed by atoms with Crippen LogP contribution in [-0.2, 0) is 22.5 Å². The molecule has 2 aromatic rings. The van der Waals surface area contributed by atoms with Gasteiger partial charge in [0.1, 0.15) is 12.3 Å². The van der Waals surface area contributed by atoms with Crippen LogP contribution in [0.3, 0.4) is 0 Å². The van der Waals surface area contributed by atoms with Gasteiger partial charge in [-0.05, 0) is 30.5 Å². The van der Waals surface area contributed by atoms with Crippen molar-refractivity contribution < 1.29 is 18.8 Å². The molecule has 0 saturated carbocycles. The molecule has 4 heteroatoms. The molecule has 0 saturated heterocycles. The van der Waals surface area contributed by atoms with Crippen LogP contribution in [0.15, 0.2) is 54.6 Å². The second-order valence-corrected chi connectivity index (χ2v) is 9.74. The van der Waals surface area contributed by atoms with E-state index in [1.165, 1.54) is 56.1 Å². The van der Waals surface area contributed by atoms with E-state index in [1.807, 2.05) is 30.3 Å². The molecule has 0 spiro atoms. The van der Waals surface area contributed by atoms with Gasteiger partial charge in [-0.15, -0.1) is 0 Å². The quantitative estimate of drug-likeness (QED) is 0.120. The van der Waals surface area contributed by atoms with E-state index in [2.05, 4.69) is 45.3 Å². The average Bonchev–Trinajstić information content (AvgIpc) is 2.79. The Bertz CT molecular complexity index is 786. The molecule has 0 aromatic heterocycles. The van der Waals surface area contributed by atoms with E-state index in [4.69, 9.17) is 9.47 Å². The van der Waals surface area contributed by atoms with E-state index in [0.29, 0.717) is 13.0 Å². The van der Waals surface area contributed by atoms with Crippen LogP contribution in [-0.4, -0.2) is 37.4 Å². The number of unbranched alkanes of at least 4 members (excludes halogenated alkanes) is 6. The average molecular weight is 455 g/mol. The molecule has 0 bridgehead atoms. The van der Waals surface area contributed by atoms with Crippen LogP contribution in [0.2, 0.25) is 0 Å². The number of esters is 1. The highest BCUT2D eigenvalue weighted by Gasteiger charge is 2.20. The van der Waals surface area contributed by atoms with Gasteiger partial charge in [-0.3, -0.25) is 4.79 Å². The zero-order chi connectivity index (χ0) is 23.9. The van der Waals surface area contributed by atoms with Gasteiger partial charge in [0.05, 0.1) is 27.1 Å². The van der Waals surface area contributed by atoms with Crippen LogP contribution < -0.4 is 4.74 Å². The minimum atomic E-state index is -0.601. The van der Waals surface area contributed by atoms with E-state index < -0.39 is 6.29 Å². The summed E-state index contributed by atoms with van der Waals surface area (Å²) < 4.78 is 12.0. The number of nitrogens with zero attached hydrogens (tertiary/aromatic N) is 1. The Morgan fingerprint density at radius 3 is 2.15 bits per heavy atom. The number of rotatable bonds is 16. The van der Waals surface area contributed by atoms with E-state index in [0.717, 1.165) is 23.2 Å². The van der Waals surface area contributed by atoms with Crippen molar-refractivity contribution >= 4 is 5.97 Å². The lowest BCUT2D eigenvalue weighted by molar-refractivity contribution is -0.903. The minimum absolute atomic E-state index is 0.225. The molecule has 2 rings (SSSR count). The van der Waals surface area contributed by atoms with Gasteiger partial charge in [-0.2, -0.15) is 0 Å². The number of quaternary nitrogens is 1. The fraction of sp³-hybridized carbons (Fsp3) is 0.552. The second kappa shape index (κ2) is 14.7. The number of aryl methyl sites for hydroxylation is 1.